The number of benzene rings is 2. The van der Waals surface area contributed by atoms with Crippen molar-refractivity contribution < 1.29 is 22.7 Å². The minimum atomic E-state index is -3.59. The molecule has 1 N–H and O–H groups in total. The Morgan fingerprint density at radius 2 is 1.97 bits per heavy atom. The van der Waals surface area contributed by atoms with Gasteiger partial charge in [-0.2, -0.15) is 14.6 Å². The van der Waals surface area contributed by atoms with Gasteiger partial charge in [0.1, 0.15) is 18.2 Å². The molecule has 0 bridgehead atoms. The number of carbonyl (C=O) groups excluding carboxylic acids is 1. The van der Waals surface area contributed by atoms with E-state index in [1.165, 1.54) is 20.1 Å². The number of sulfone groups is 1. The van der Waals surface area contributed by atoms with Gasteiger partial charge in [0, 0.05) is 11.5 Å². The van der Waals surface area contributed by atoms with E-state index in [2.05, 4.69) is 14.7 Å². The highest BCUT2D eigenvalue weighted by molar-refractivity contribution is 7.91. The number of nitrogens with one attached hydrogen (secondary N) is 1. The molecule has 0 fully saturated rings. The summed E-state index contributed by atoms with van der Waals surface area (Å²) in [5.41, 5.74) is 1.33. The number of anilines is 1. The maximum atomic E-state index is 12.5. The predicted octanol–water partition coefficient (Wildman–Crippen LogP) is 3.46. The molecule has 0 unspecified atom stereocenters. The van der Waals surface area contributed by atoms with Crippen molar-refractivity contribution in [3.63, 3.8) is 0 Å². The van der Waals surface area contributed by atoms with Gasteiger partial charge in [-0.3, -0.25) is 10.1 Å². The monoisotopic (exact) mass is 484 g/mol. The molecule has 0 aliphatic rings. The van der Waals surface area contributed by atoms with Crippen molar-refractivity contribution in [2.24, 2.45) is 0 Å². The normalized spacial score (nSPS) is 11.5. The van der Waals surface area contributed by atoms with Gasteiger partial charge in [0.2, 0.25) is 15.0 Å². The zero-order valence-electron chi connectivity index (χ0n) is 17.8. The van der Waals surface area contributed by atoms with Crippen molar-refractivity contribution in [3.8, 4) is 17.6 Å². The summed E-state index contributed by atoms with van der Waals surface area (Å²) in [6.07, 6.45) is 1.38. The van der Waals surface area contributed by atoms with Crippen LogP contribution < -0.4 is 14.8 Å². The van der Waals surface area contributed by atoms with Crippen molar-refractivity contribution in [1.29, 1.82) is 5.26 Å². The van der Waals surface area contributed by atoms with Crippen LogP contribution in [-0.2, 0) is 21.2 Å². The summed E-state index contributed by atoms with van der Waals surface area (Å²) in [5.74, 6) is 0.0567. The van der Waals surface area contributed by atoms with E-state index < -0.39 is 15.7 Å². The van der Waals surface area contributed by atoms with Gasteiger partial charge in [0.05, 0.1) is 12.9 Å². The summed E-state index contributed by atoms with van der Waals surface area (Å²) in [5, 5.41) is 11.5. The number of nitriles is 1. The summed E-state index contributed by atoms with van der Waals surface area (Å²) < 4.78 is 38.6. The Morgan fingerprint density at radius 1 is 1.21 bits per heavy atom. The Balaban J connectivity index is 1.74. The maximum absolute atomic E-state index is 12.5. The topological polar surface area (TPSA) is 131 Å². The highest BCUT2D eigenvalue weighted by atomic mass is 32.2. The fraction of sp³-hybridized carbons (Fsp3) is 0.182. The van der Waals surface area contributed by atoms with Crippen molar-refractivity contribution in [3.05, 3.63) is 65.2 Å². The molecule has 0 saturated heterocycles. The molecule has 2 aromatic carbocycles. The van der Waals surface area contributed by atoms with E-state index >= 15 is 0 Å². The standard InChI is InChI=1S/C22H20N4O5S2/c1-3-33(28,29)22-25-21(32-26-22)24-20(27)17(13-23)11-16-9-10-18(19(12-16)30-2)31-14-15-7-5-4-6-8-15/h4-12H,3,14H2,1-2H3,(H,24,25,26,27)/b17-11-. The van der Waals surface area contributed by atoms with Crippen molar-refractivity contribution in [1.82, 2.24) is 9.36 Å². The molecule has 9 nitrogen and oxygen atoms in total. The van der Waals surface area contributed by atoms with E-state index in [4.69, 9.17) is 9.47 Å². The number of aromatic nitrogens is 2. The Kier molecular flexibility index (Phi) is 7.76. The lowest BCUT2D eigenvalue weighted by Gasteiger charge is -2.11. The molecule has 1 amide bonds. The molecule has 3 aromatic rings. The lowest BCUT2D eigenvalue weighted by atomic mass is 10.1. The molecule has 0 spiro atoms. The number of ether oxygens (including phenoxy) is 2. The Morgan fingerprint density at radius 3 is 2.64 bits per heavy atom. The summed E-state index contributed by atoms with van der Waals surface area (Å²) in [4.78, 5) is 16.3. The van der Waals surface area contributed by atoms with Gasteiger partial charge < -0.3 is 9.47 Å². The number of amides is 1. The van der Waals surface area contributed by atoms with Crippen LogP contribution >= 0.6 is 11.5 Å². The molecule has 3 rings (SSSR count). The van der Waals surface area contributed by atoms with Crippen LogP contribution in [0, 0.1) is 11.3 Å². The van der Waals surface area contributed by atoms with Crippen molar-refractivity contribution in [2.75, 3.05) is 18.2 Å². The number of methoxy groups -OCH3 is 1. The minimum Gasteiger partial charge on any atom is -0.493 e. The first-order chi connectivity index (χ1) is 15.9. The quantitative estimate of drug-likeness (QED) is 0.361. The third kappa shape index (κ3) is 6.15. The highest BCUT2D eigenvalue weighted by Crippen LogP contribution is 2.30. The number of carbonyl (C=O) groups is 1. The summed E-state index contributed by atoms with van der Waals surface area (Å²) >= 11 is 0.721. The largest absolute Gasteiger partial charge is 0.493 e. The predicted molar refractivity (Wildman–Crippen MR) is 124 cm³/mol. The van der Waals surface area contributed by atoms with Gasteiger partial charge in [0.25, 0.3) is 11.1 Å². The molecular weight excluding hydrogens is 464 g/mol. The first kappa shape index (κ1) is 23.9. The summed E-state index contributed by atoms with van der Waals surface area (Å²) in [6.45, 7) is 1.83. The minimum absolute atomic E-state index is 0.0181. The fourth-order valence-electron chi connectivity index (χ4n) is 2.62. The molecule has 0 radical (unpaired) electrons. The van der Waals surface area contributed by atoms with Gasteiger partial charge in [-0.05, 0) is 29.3 Å². The third-order valence-corrected chi connectivity index (χ3v) is 6.63. The lowest BCUT2D eigenvalue weighted by Crippen LogP contribution is -2.13. The van der Waals surface area contributed by atoms with Crippen molar-refractivity contribution >= 4 is 38.5 Å². The van der Waals surface area contributed by atoms with E-state index in [9.17, 15) is 18.5 Å². The first-order valence-electron chi connectivity index (χ1n) is 9.70. The smallest absolute Gasteiger partial charge is 0.268 e. The van der Waals surface area contributed by atoms with E-state index in [1.54, 1.807) is 18.2 Å². The van der Waals surface area contributed by atoms with E-state index in [0.29, 0.717) is 23.7 Å². The van der Waals surface area contributed by atoms with Gasteiger partial charge in [-0.25, -0.2) is 8.42 Å². The second-order valence-electron chi connectivity index (χ2n) is 6.59. The van der Waals surface area contributed by atoms with Crippen LogP contribution in [-0.4, -0.2) is 36.5 Å². The van der Waals surface area contributed by atoms with Gasteiger partial charge in [0.15, 0.2) is 11.5 Å². The zero-order chi connectivity index (χ0) is 23.8. The first-order valence-corrected chi connectivity index (χ1v) is 12.1. The molecule has 0 aliphatic carbocycles. The van der Waals surface area contributed by atoms with Gasteiger partial charge in [-0.1, -0.05) is 43.3 Å². The molecular formula is C22H20N4O5S2. The Hall–Kier alpha value is -3.75. The molecule has 11 heteroatoms. The molecule has 170 valence electrons. The van der Waals surface area contributed by atoms with Crippen LogP contribution in [0.15, 0.2) is 59.3 Å². The highest BCUT2D eigenvalue weighted by Gasteiger charge is 2.20. The van der Waals surface area contributed by atoms with Gasteiger partial charge >= 0.3 is 0 Å². The summed E-state index contributed by atoms with van der Waals surface area (Å²) in [7, 11) is -2.10. The van der Waals surface area contributed by atoms with Crippen LogP contribution in [0.5, 0.6) is 11.5 Å². The molecule has 0 saturated carbocycles. The van der Waals surface area contributed by atoms with Crippen LogP contribution in [0.4, 0.5) is 5.13 Å². The molecule has 33 heavy (non-hydrogen) atoms. The lowest BCUT2D eigenvalue weighted by molar-refractivity contribution is -0.112. The molecule has 0 atom stereocenters. The second kappa shape index (κ2) is 10.7. The van der Waals surface area contributed by atoms with Gasteiger partial charge in [-0.15, -0.1) is 0 Å². The molecule has 1 aromatic heterocycles. The third-order valence-electron chi connectivity index (χ3n) is 4.39. The van der Waals surface area contributed by atoms with Crippen LogP contribution in [0.2, 0.25) is 0 Å². The maximum Gasteiger partial charge on any atom is 0.268 e. The fourth-order valence-corrected chi connectivity index (χ4v) is 4.21. The van der Waals surface area contributed by atoms with Crippen molar-refractivity contribution in [2.45, 2.75) is 18.7 Å². The van der Waals surface area contributed by atoms with E-state index in [1.807, 2.05) is 36.4 Å². The molecule has 1 heterocycles. The Labute approximate surface area is 195 Å². The van der Waals surface area contributed by atoms with E-state index in [0.717, 1.165) is 17.1 Å². The van der Waals surface area contributed by atoms with E-state index in [-0.39, 0.29) is 21.6 Å². The van der Waals surface area contributed by atoms with Crippen LogP contribution in [0.3, 0.4) is 0 Å². The number of nitrogens with zero attached hydrogens (tertiary/aromatic N) is 3. The molecule has 0 aliphatic heterocycles. The van der Waals surface area contributed by atoms with Crippen LogP contribution in [0.1, 0.15) is 18.1 Å². The SMILES string of the molecule is CCS(=O)(=O)c1nsc(NC(=O)/C(C#N)=C\c2ccc(OCc3ccccc3)c(OC)c2)n1. The number of hydrogen-bond acceptors (Lipinski definition) is 9. The average molecular weight is 485 g/mol. The summed E-state index contributed by atoms with van der Waals surface area (Å²) in [6, 6.07) is 16.5. The van der Waals surface area contributed by atoms with Crippen LogP contribution in [0.25, 0.3) is 6.08 Å². The average Bonchev–Trinajstić information content (AvgIpc) is 3.31. The second-order valence-corrected chi connectivity index (χ2v) is 9.52. The number of rotatable bonds is 9. The Bertz CT molecular complexity index is 1310. The zero-order valence-corrected chi connectivity index (χ0v) is 19.4. The number of hydrogen-bond donors (Lipinski definition) is 1.